The van der Waals surface area contributed by atoms with E-state index in [0.717, 1.165) is 69.6 Å². The Morgan fingerprint density at radius 3 is 1.29 bits per heavy atom. The Kier molecular flexibility index (Phi) is 13.8. The van der Waals surface area contributed by atoms with E-state index in [2.05, 4.69) is 112 Å². The molecule has 20 unspecified atom stereocenters. The molecule has 10 aliphatic carbocycles. The Bertz CT molecular complexity index is 2340. The van der Waals surface area contributed by atoms with Gasteiger partial charge in [0.1, 0.15) is 12.1 Å². The summed E-state index contributed by atoms with van der Waals surface area (Å²) in [4.78, 5) is 57.5. The molecule has 0 aliphatic heterocycles. The summed E-state index contributed by atoms with van der Waals surface area (Å²) in [5, 5.41) is 9.51. The number of fused-ring (bicyclic) bond motifs is 14. The van der Waals surface area contributed by atoms with Crippen molar-refractivity contribution in [1.29, 1.82) is 0 Å². The molecule has 420 valence electrons. The number of carbonyl (C=O) groups excluding carboxylic acids is 4. The van der Waals surface area contributed by atoms with Crippen molar-refractivity contribution in [3.8, 4) is 0 Å². The van der Waals surface area contributed by atoms with Crippen LogP contribution in [0.5, 0.6) is 0 Å². The zero-order chi connectivity index (χ0) is 54.5. The fraction of sp³-hybridized carbons (Fsp3) is 0.881. The average molecular weight is 1030 g/mol. The molecule has 10 fully saturated rings. The van der Waals surface area contributed by atoms with Gasteiger partial charge in [0.2, 0.25) is 17.7 Å². The molecule has 0 bridgehead atoms. The zero-order valence-corrected chi connectivity index (χ0v) is 50.0. The summed E-state index contributed by atoms with van der Waals surface area (Å²) < 4.78 is 0. The lowest BCUT2D eigenvalue weighted by Gasteiger charge is -2.72. The van der Waals surface area contributed by atoms with Crippen molar-refractivity contribution in [2.45, 2.75) is 243 Å². The number of nitrogens with one attached hydrogen (secondary N) is 3. The first kappa shape index (κ1) is 55.8. The third kappa shape index (κ3) is 7.87. The van der Waals surface area contributed by atoms with Crippen LogP contribution in [0.15, 0.2) is 24.3 Å². The molecule has 0 aromatic heterocycles. The van der Waals surface area contributed by atoms with E-state index in [1.807, 2.05) is 0 Å². The summed E-state index contributed by atoms with van der Waals surface area (Å²) in [6.07, 6.45) is 25.4. The van der Waals surface area contributed by atoms with Crippen LogP contribution in [0.1, 0.15) is 231 Å². The van der Waals surface area contributed by atoms with Gasteiger partial charge in [0.15, 0.2) is 5.78 Å². The summed E-state index contributed by atoms with van der Waals surface area (Å²) in [5.41, 5.74) is 10.2. The highest BCUT2D eigenvalue weighted by molar-refractivity contribution is 5.91. The van der Waals surface area contributed by atoms with Gasteiger partial charge < -0.3 is 21.7 Å². The highest BCUT2D eigenvalue weighted by Gasteiger charge is 2.73. The maximum atomic E-state index is 15.1. The van der Waals surface area contributed by atoms with Gasteiger partial charge >= 0.3 is 0 Å². The van der Waals surface area contributed by atoms with Crippen molar-refractivity contribution >= 4 is 23.5 Å². The number of amides is 3. The van der Waals surface area contributed by atoms with Crippen LogP contribution in [-0.4, -0.2) is 48.7 Å². The Hall–Kier alpha value is -2.48. The fourth-order valence-corrected chi connectivity index (χ4v) is 24.7. The Labute approximate surface area is 456 Å². The topological polar surface area (TPSA) is 130 Å². The van der Waals surface area contributed by atoms with Crippen molar-refractivity contribution in [1.82, 2.24) is 16.0 Å². The largest absolute Gasteiger partial charge is 0.354 e. The first-order chi connectivity index (χ1) is 34.9. The predicted octanol–water partition coefficient (Wildman–Crippen LogP) is 13.7. The summed E-state index contributed by atoms with van der Waals surface area (Å²) in [6, 6.07) is -1.97. The van der Waals surface area contributed by atoms with Gasteiger partial charge in [0.25, 0.3) is 0 Å². The molecule has 75 heavy (non-hydrogen) atoms. The summed E-state index contributed by atoms with van der Waals surface area (Å²) >= 11 is 0. The molecule has 0 heterocycles. The molecule has 10 rings (SSSR count). The van der Waals surface area contributed by atoms with Crippen LogP contribution in [-0.2, 0) is 19.2 Å². The number of hydrogen-bond acceptors (Lipinski definition) is 5. The van der Waals surface area contributed by atoms with Crippen LogP contribution in [0.2, 0.25) is 0 Å². The van der Waals surface area contributed by atoms with Gasteiger partial charge in [-0.3, -0.25) is 19.2 Å². The van der Waals surface area contributed by atoms with Gasteiger partial charge in [0, 0.05) is 13.1 Å². The van der Waals surface area contributed by atoms with Crippen LogP contribution in [0, 0.1) is 113 Å². The highest BCUT2D eigenvalue weighted by Crippen LogP contribution is 2.80. The van der Waals surface area contributed by atoms with Crippen LogP contribution < -0.4 is 21.7 Å². The van der Waals surface area contributed by atoms with Crippen molar-refractivity contribution in [3.63, 3.8) is 0 Å². The van der Waals surface area contributed by atoms with Gasteiger partial charge in [-0.25, -0.2) is 0 Å². The number of ketones is 1. The lowest BCUT2D eigenvalue weighted by molar-refractivity contribution is -0.235. The van der Waals surface area contributed by atoms with Crippen molar-refractivity contribution in [3.05, 3.63) is 24.3 Å². The summed E-state index contributed by atoms with van der Waals surface area (Å²) in [5.74, 6) is 4.16. The van der Waals surface area contributed by atoms with Gasteiger partial charge in [-0.1, -0.05) is 106 Å². The number of allylic oxidation sites excluding steroid dienone is 2. The van der Waals surface area contributed by atoms with Gasteiger partial charge in [-0.05, 0) is 252 Å². The molecule has 10 saturated carbocycles. The molecular formula is C67H108N4O4. The molecule has 8 heteroatoms. The number of hydrogen-bond donors (Lipinski definition) is 4. The van der Waals surface area contributed by atoms with Gasteiger partial charge in [-0.2, -0.15) is 0 Å². The number of Topliss-reactive ketones (excluding diaryl/α,β-unsaturated/α-hetero) is 1. The van der Waals surface area contributed by atoms with E-state index in [0.29, 0.717) is 51.2 Å². The molecule has 0 radical (unpaired) electrons. The Balaban J connectivity index is 0.800. The van der Waals surface area contributed by atoms with E-state index in [-0.39, 0.29) is 70.1 Å². The minimum absolute atomic E-state index is 0.00427. The zero-order valence-electron chi connectivity index (χ0n) is 50.0. The van der Waals surface area contributed by atoms with E-state index < -0.39 is 28.8 Å². The quantitative estimate of drug-likeness (QED) is 0.153. The van der Waals surface area contributed by atoms with E-state index in [9.17, 15) is 9.59 Å². The Morgan fingerprint density at radius 1 is 0.480 bits per heavy atom. The van der Waals surface area contributed by atoms with Crippen LogP contribution in [0.25, 0.3) is 0 Å². The minimum atomic E-state index is -1.04. The maximum Gasteiger partial charge on any atom is 0.239 e. The predicted molar refractivity (Wildman–Crippen MR) is 304 cm³/mol. The van der Waals surface area contributed by atoms with Crippen molar-refractivity contribution < 1.29 is 19.2 Å². The van der Waals surface area contributed by atoms with Gasteiger partial charge in [0.05, 0.1) is 10.8 Å². The minimum Gasteiger partial charge on any atom is -0.354 e. The highest BCUT2D eigenvalue weighted by atomic mass is 16.2. The van der Waals surface area contributed by atoms with E-state index in [1.165, 1.54) is 102 Å². The fourth-order valence-electron chi connectivity index (χ4n) is 24.7. The molecule has 20 atom stereocenters. The average Bonchev–Trinajstić information content (AvgIpc) is 3.93. The molecule has 8 nitrogen and oxygen atoms in total. The lowest BCUT2D eigenvalue weighted by Crippen LogP contribution is -2.66. The molecule has 5 N–H and O–H groups in total. The molecule has 0 saturated heterocycles. The molecule has 0 aromatic carbocycles. The lowest BCUT2D eigenvalue weighted by atomic mass is 9.32. The van der Waals surface area contributed by atoms with E-state index in [4.69, 9.17) is 5.73 Å². The van der Waals surface area contributed by atoms with Gasteiger partial charge in [-0.15, -0.1) is 0 Å². The normalized spacial score (nSPS) is 48.7. The van der Waals surface area contributed by atoms with Crippen LogP contribution >= 0.6 is 0 Å². The smallest absolute Gasteiger partial charge is 0.239 e. The van der Waals surface area contributed by atoms with Crippen molar-refractivity contribution in [2.24, 2.45) is 119 Å². The number of rotatable bonds is 11. The van der Waals surface area contributed by atoms with Crippen LogP contribution in [0.4, 0.5) is 0 Å². The van der Waals surface area contributed by atoms with E-state index >= 15 is 9.59 Å². The molecular weight excluding hydrogens is 925 g/mol. The SMILES string of the molecule is C=C(C)C1CCC2(C(=O)NCC(N)C(=O)NC(CNC(=O)C34CCC(C(=C)C)C3C3CCC5C6(C)CCCC(C)(C)C6CCC5(C)C3(C)CC4)C(C)=O)CCC3(C)C(CCC4C5(C)CCCC(C)(C)C5CCC43C)C12. The number of carbonyl (C=O) groups is 4. The second-order valence-electron chi connectivity index (χ2n) is 32.1. The standard InChI is InChI=1S/C67H108N4O4/c1-40(2)43-22-32-66(36-34-62(12)45(53(43)66)18-20-51-60(10)28-16-26-58(6,7)49(60)24-30-64(51,62)14)56(74)69-38-47(68)55(73)71-48(42(5)72)39-70-57(75)67-33-23-44(41(3)4)54(67)46-19-21-52-61(11)29-17-27-59(8,9)50(61)25-31-65(52,15)63(46,13)35-37-67/h43-54H,1,3,16-39,68H2,2,4-15H3,(H,69,74)(H,70,75)(H,71,73). The molecule has 10 aliphatic rings. The molecule has 0 spiro atoms. The second-order valence-corrected chi connectivity index (χ2v) is 32.1. The third-order valence-electron chi connectivity index (χ3n) is 28.6. The Morgan fingerprint density at radius 2 is 0.893 bits per heavy atom. The monoisotopic (exact) mass is 1030 g/mol. The van der Waals surface area contributed by atoms with Crippen LogP contribution in [0.3, 0.4) is 0 Å². The maximum absolute atomic E-state index is 15.1. The second kappa shape index (κ2) is 18.5. The van der Waals surface area contributed by atoms with E-state index in [1.54, 1.807) is 0 Å². The van der Waals surface area contributed by atoms with Crippen molar-refractivity contribution in [2.75, 3.05) is 13.1 Å². The molecule has 0 aromatic rings. The third-order valence-corrected chi connectivity index (χ3v) is 28.6. The first-order valence-electron chi connectivity index (χ1n) is 31.4. The molecule has 3 amide bonds. The first-order valence-corrected chi connectivity index (χ1v) is 31.4. The number of nitrogens with two attached hydrogens (primary N) is 1. The summed E-state index contributed by atoms with van der Waals surface area (Å²) in [7, 11) is 0. The summed E-state index contributed by atoms with van der Waals surface area (Å²) in [6.45, 7) is 41.1.